The Balaban J connectivity index is 2.09. The van der Waals surface area contributed by atoms with E-state index in [0.29, 0.717) is 5.92 Å². The van der Waals surface area contributed by atoms with Crippen LogP contribution in [0.25, 0.3) is 0 Å². The molecule has 0 bridgehead atoms. The van der Waals surface area contributed by atoms with Crippen LogP contribution in [0.4, 0.5) is 5.69 Å². The molecule has 1 N–H and O–H groups in total. The number of anilines is 1. The van der Waals surface area contributed by atoms with Crippen molar-refractivity contribution in [1.29, 1.82) is 0 Å². The third-order valence-corrected chi connectivity index (χ3v) is 3.90. The fraction of sp³-hybridized carbons (Fsp3) is 0.294. The lowest BCUT2D eigenvalue weighted by molar-refractivity contribution is 0.396. The standard InChI is InChI=1S/C17H19NO2/c1-19-12-7-8-17(20-2)15(11-12)13-9-10-18-16-6-4-3-5-14(13)16/h3-8,11,13,18H,9-10H2,1-2H3. The number of hydrogen-bond acceptors (Lipinski definition) is 3. The zero-order valence-electron chi connectivity index (χ0n) is 11.8. The Kier molecular flexibility index (Phi) is 3.50. The van der Waals surface area contributed by atoms with Crippen LogP contribution in [0.1, 0.15) is 23.5 Å². The topological polar surface area (TPSA) is 30.5 Å². The lowest BCUT2D eigenvalue weighted by Crippen LogP contribution is -2.18. The highest BCUT2D eigenvalue weighted by Crippen LogP contribution is 2.41. The van der Waals surface area contributed by atoms with Crippen LogP contribution < -0.4 is 14.8 Å². The van der Waals surface area contributed by atoms with Crippen LogP contribution >= 0.6 is 0 Å². The van der Waals surface area contributed by atoms with E-state index in [1.807, 2.05) is 12.1 Å². The molecule has 0 fully saturated rings. The van der Waals surface area contributed by atoms with Crippen LogP contribution in [0.2, 0.25) is 0 Å². The highest BCUT2D eigenvalue weighted by molar-refractivity contribution is 5.59. The highest BCUT2D eigenvalue weighted by Gasteiger charge is 2.24. The van der Waals surface area contributed by atoms with Gasteiger partial charge in [0.05, 0.1) is 14.2 Å². The van der Waals surface area contributed by atoms with Gasteiger partial charge in [0.15, 0.2) is 0 Å². The Bertz CT molecular complexity index is 610. The lowest BCUT2D eigenvalue weighted by atomic mass is 9.84. The van der Waals surface area contributed by atoms with Gasteiger partial charge >= 0.3 is 0 Å². The number of rotatable bonds is 3. The van der Waals surface area contributed by atoms with Crippen molar-refractivity contribution < 1.29 is 9.47 Å². The number of benzene rings is 2. The maximum atomic E-state index is 5.54. The molecule has 3 nitrogen and oxygen atoms in total. The summed E-state index contributed by atoms with van der Waals surface area (Å²) in [6, 6.07) is 14.5. The Morgan fingerprint density at radius 2 is 1.85 bits per heavy atom. The first-order chi connectivity index (χ1) is 9.83. The molecule has 3 rings (SSSR count). The summed E-state index contributed by atoms with van der Waals surface area (Å²) < 4.78 is 10.9. The SMILES string of the molecule is COc1ccc(OC)c(C2CCNc3ccccc32)c1. The molecule has 2 aromatic rings. The number of nitrogens with one attached hydrogen (secondary N) is 1. The van der Waals surface area contributed by atoms with E-state index < -0.39 is 0 Å². The van der Waals surface area contributed by atoms with E-state index in [9.17, 15) is 0 Å². The molecular weight excluding hydrogens is 250 g/mol. The van der Waals surface area contributed by atoms with Crippen molar-refractivity contribution in [3.63, 3.8) is 0 Å². The molecule has 2 aromatic carbocycles. The van der Waals surface area contributed by atoms with Gasteiger partial charge in [-0.25, -0.2) is 0 Å². The highest BCUT2D eigenvalue weighted by atomic mass is 16.5. The van der Waals surface area contributed by atoms with E-state index in [-0.39, 0.29) is 0 Å². The van der Waals surface area contributed by atoms with Crippen LogP contribution in [-0.4, -0.2) is 20.8 Å². The van der Waals surface area contributed by atoms with Gasteiger partial charge in [-0.3, -0.25) is 0 Å². The van der Waals surface area contributed by atoms with Crippen molar-refractivity contribution in [2.24, 2.45) is 0 Å². The van der Waals surface area contributed by atoms with E-state index >= 15 is 0 Å². The fourth-order valence-electron chi connectivity index (χ4n) is 2.90. The molecule has 0 aliphatic carbocycles. The minimum atomic E-state index is 0.345. The molecule has 0 amide bonds. The van der Waals surface area contributed by atoms with Crippen molar-refractivity contribution in [3.05, 3.63) is 53.6 Å². The number of ether oxygens (including phenoxy) is 2. The first-order valence-electron chi connectivity index (χ1n) is 6.88. The molecule has 0 spiro atoms. The van der Waals surface area contributed by atoms with Crippen LogP contribution in [0.5, 0.6) is 11.5 Å². The predicted octanol–water partition coefficient (Wildman–Crippen LogP) is 3.65. The van der Waals surface area contributed by atoms with Crippen molar-refractivity contribution in [2.75, 3.05) is 26.1 Å². The van der Waals surface area contributed by atoms with Gasteiger partial charge in [0.1, 0.15) is 11.5 Å². The molecule has 0 radical (unpaired) electrons. The van der Waals surface area contributed by atoms with Gasteiger partial charge in [0.2, 0.25) is 0 Å². The van der Waals surface area contributed by atoms with E-state index in [1.165, 1.54) is 16.8 Å². The van der Waals surface area contributed by atoms with Gasteiger partial charge in [0, 0.05) is 23.7 Å². The Morgan fingerprint density at radius 1 is 1.00 bits per heavy atom. The minimum absolute atomic E-state index is 0.345. The number of hydrogen-bond donors (Lipinski definition) is 1. The fourth-order valence-corrected chi connectivity index (χ4v) is 2.90. The smallest absolute Gasteiger partial charge is 0.122 e. The van der Waals surface area contributed by atoms with Crippen LogP contribution in [0.3, 0.4) is 0 Å². The number of para-hydroxylation sites is 1. The molecule has 1 heterocycles. The maximum Gasteiger partial charge on any atom is 0.122 e. The Morgan fingerprint density at radius 3 is 2.65 bits per heavy atom. The van der Waals surface area contributed by atoms with Crippen LogP contribution in [0.15, 0.2) is 42.5 Å². The predicted molar refractivity (Wildman–Crippen MR) is 80.9 cm³/mol. The normalized spacial score (nSPS) is 17.0. The Labute approximate surface area is 119 Å². The molecule has 0 saturated heterocycles. The van der Waals surface area contributed by atoms with E-state index in [1.54, 1.807) is 14.2 Å². The average Bonchev–Trinajstić information content (AvgIpc) is 2.53. The molecular formula is C17H19NO2. The van der Waals surface area contributed by atoms with Crippen molar-refractivity contribution in [2.45, 2.75) is 12.3 Å². The largest absolute Gasteiger partial charge is 0.497 e. The summed E-state index contributed by atoms with van der Waals surface area (Å²) in [7, 11) is 3.42. The van der Waals surface area contributed by atoms with Gasteiger partial charge in [0.25, 0.3) is 0 Å². The second-order valence-corrected chi connectivity index (χ2v) is 4.96. The molecule has 104 valence electrons. The second-order valence-electron chi connectivity index (χ2n) is 4.96. The van der Waals surface area contributed by atoms with E-state index in [0.717, 1.165) is 24.5 Å². The molecule has 1 aliphatic rings. The average molecular weight is 269 g/mol. The number of fused-ring (bicyclic) bond motifs is 1. The summed E-state index contributed by atoms with van der Waals surface area (Å²) in [6.07, 6.45) is 1.06. The van der Waals surface area contributed by atoms with Gasteiger partial charge in [-0.1, -0.05) is 18.2 Å². The van der Waals surface area contributed by atoms with Crippen molar-refractivity contribution in [1.82, 2.24) is 0 Å². The zero-order valence-corrected chi connectivity index (χ0v) is 11.8. The first-order valence-corrected chi connectivity index (χ1v) is 6.88. The maximum absolute atomic E-state index is 5.54. The minimum Gasteiger partial charge on any atom is -0.497 e. The summed E-state index contributed by atoms with van der Waals surface area (Å²) in [5.41, 5.74) is 3.74. The molecule has 1 unspecified atom stereocenters. The molecule has 0 aromatic heterocycles. The van der Waals surface area contributed by atoms with Gasteiger partial charge in [-0.05, 0) is 36.2 Å². The quantitative estimate of drug-likeness (QED) is 0.922. The molecule has 3 heteroatoms. The lowest BCUT2D eigenvalue weighted by Gasteiger charge is -2.28. The summed E-state index contributed by atoms with van der Waals surface area (Å²) >= 11 is 0. The first kappa shape index (κ1) is 12.9. The van der Waals surface area contributed by atoms with Gasteiger partial charge < -0.3 is 14.8 Å². The Hall–Kier alpha value is -2.16. The van der Waals surface area contributed by atoms with Crippen LogP contribution in [-0.2, 0) is 0 Å². The summed E-state index contributed by atoms with van der Waals surface area (Å²) in [5.74, 6) is 2.14. The second kappa shape index (κ2) is 5.45. The summed E-state index contributed by atoms with van der Waals surface area (Å²) in [4.78, 5) is 0. The van der Waals surface area contributed by atoms with E-state index in [2.05, 4.69) is 35.6 Å². The molecule has 1 aliphatic heterocycles. The van der Waals surface area contributed by atoms with Gasteiger partial charge in [-0.15, -0.1) is 0 Å². The van der Waals surface area contributed by atoms with Gasteiger partial charge in [-0.2, -0.15) is 0 Å². The summed E-state index contributed by atoms with van der Waals surface area (Å²) in [5, 5.41) is 3.46. The molecule has 0 saturated carbocycles. The van der Waals surface area contributed by atoms with Crippen LogP contribution in [0, 0.1) is 0 Å². The van der Waals surface area contributed by atoms with E-state index in [4.69, 9.17) is 9.47 Å². The van der Waals surface area contributed by atoms with Crippen molar-refractivity contribution in [3.8, 4) is 11.5 Å². The molecule has 1 atom stereocenters. The molecule has 20 heavy (non-hydrogen) atoms. The summed E-state index contributed by atoms with van der Waals surface area (Å²) in [6.45, 7) is 0.974. The number of methoxy groups -OCH3 is 2. The third-order valence-electron chi connectivity index (χ3n) is 3.90. The third kappa shape index (κ3) is 2.20. The van der Waals surface area contributed by atoms with Crippen molar-refractivity contribution >= 4 is 5.69 Å². The zero-order chi connectivity index (χ0) is 13.9. The monoisotopic (exact) mass is 269 g/mol.